The minimum Gasteiger partial charge on any atom is -0.394 e. The molecule has 2 rings (SSSR count). The summed E-state index contributed by atoms with van der Waals surface area (Å²) in [6.45, 7) is -0.399. The second-order valence-electron chi connectivity index (χ2n) is 4.05. The van der Waals surface area contributed by atoms with Gasteiger partial charge in [-0.05, 0) is 12.1 Å². The molecule has 0 fully saturated rings. The summed E-state index contributed by atoms with van der Waals surface area (Å²) in [6, 6.07) is 6.79. The van der Waals surface area contributed by atoms with Crippen molar-refractivity contribution in [3.8, 4) is 17.3 Å². The highest BCUT2D eigenvalue weighted by atomic mass is 35.5. The van der Waals surface area contributed by atoms with E-state index in [1.54, 1.807) is 18.2 Å². The SMILES string of the molecule is N#Cc1nnn(CC(O)CO)c1-c1ccc(Cl)c(Cl)c1. The van der Waals surface area contributed by atoms with Crippen LogP contribution in [0.15, 0.2) is 18.2 Å². The molecular formula is C12H10Cl2N4O2. The lowest BCUT2D eigenvalue weighted by Crippen LogP contribution is -2.21. The molecule has 1 aromatic heterocycles. The van der Waals surface area contributed by atoms with Crippen LogP contribution in [0.2, 0.25) is 10.0 Å². The third-order valence-electron chi connectivity index (χ3n) is 2.63. The molecule has 2 aromatic rings. The van der Waals surface area contributed by atoms with Gasteiger partial charge in [0.05, 0.1) is 29.3 Å². The van der Waals surface area contributed by atoms with E-state index in [0.29, 0.717) is 21.3 Å². The van der Waals surface area contributed by atoms with Crippen LogP contribution in [0.3, 0.4) is 0 Å². The van der Waals surface area contributed by atoms with E-state index in [-0.39, 0.29) is 12.2 Å². The van der Waals surface area contributed by atoms with Gasteiger partial charge in [0.25, 0.3) is 0 Å². The van der Waals surface area contributed by atoms with E-state index in [9.17, 15) is 5.11 Å². The third-order valence-corrected chi connectivity index (χ3v) is 3.37. The van der Waals surface area contributed by atoms with Gasteiger partial charge in [0.15, 0.2) is 5.69 Å². The monoisotopic (exact) mass is 312 g/mol. The summed E-state index contributed by atoms with van der Waals surface area (Å²) >= 11 is 11.8. The summed E-state index contributed by atoms with van der Waals surface area (Å²) in [6.07, 6.45) is -0.996. The second-order valence-corrected chi connectivity index (χ2v) is 4.86. The maximum atomic E-state index is 9.49. The first-order chi connectivity index (χ1) is 9.56. The molecule has 0 saturated carbocycles. The average Bonchev–Trinajstić information content (AvgIpc) is 2.84. The molecule has 0 amide bonds. The van der Waals surface area contributed by atoms with Gasteiger partial charge < -0.3 is 10.2 Å². The summed E-state index contributed by atoms with van der Waals surface area (Å²) in [5.74, 6) is 0. The van der Waals surface area contributed by atoms with Gasteiger partial charge in [0, 0.05) is 5.56 Å². The van der Waals surface area contributed by atoms with Crippen molar-refractivity contribution in [3.63, 3.8) is 0 Å². The molecule has 1 heterocycles. The van der Waals surface area contributed by atoms with E-state index in [1.807, 2.05) is 6.07 Å². The van der Waals surface area contributed by atoms with E-state index < -0.39 is 12.7 Å². The minimum atomic E-state index is -0.996. The number of aliphatic hydroxyl groups excluding tert-OH is 2. The van der Waals surface area contributed by atoms with Crippen molar-refractivity contribution in [1.29, 1.82) is 5.26 Å². The highest BCUT2D eigenvalue weighted by Crippen LogP contribution is 2.29. The highest BCUT2D eigenvalue weighted by Gasteiger charge is 2.17. The lowest BCUT2D eigenvalue weighted by Gasteiger charge is -2.10. The largest absolute Gasteiger partial charge is 0.394 e. The fourth-order valence-corrected chi connectivity index (χ4v) is 2.00. The number of nitrogens with zero attached hydrogens (tertiary/aromatic N) is 4. The Morgan fingerprint density at radius 3 is 2.70 bits per heavy atom. The number of hydrogen-bond acceptors (Lipinski definition) is 5. The molecule has 0 spiro atoms. The predicted molar refractivity (Wildman–Crippen MR) is 73.3 cm³/mol. The van der Waals surface area contributed by atoms with Gasteiger partial charge in [-0.2, -0.15) is 5.26 Å². The Labute approximate surface area is 124 Å². The Morgan fingerprint density at radius 1 is 1.35 bits per heavy atom. The molecule has 8 heteroatoms. The fourth-order valence-electron chi connectivity index (χ4n) is 1.70. The van der Waals surface area contributed by atoms with Crippen molar-refractivity contribution >= 4 is 23.2 Å². The van der Waals surface area contributed by atoms with Gasteiger partial charge in [-0.15, -0.1) is 5.10 Å². The van der Waals surface area contributed by atoms with Crippen LogP contribution in [0.1, 0.15) is 5.69 Å². The number of benzene rings is 1. The van der Waals surface area contributed by atoms with Crippen molar-refractivity contribution in [1.82, 2.24) is 15.0 Å². The summed E-state index contributed by atoms with van der Waals surface area (Å²) in [7, 11) is 0. The number of halogens is 2. The van der Waals surface area contributed by atoms with E-state index in [0.717, 1.165) is 0 Å². The molecule has 104 valence electrons. The number of hydrogen-bond donors (Lipinski definition) is 2. The summed E-state index contributed by atoms with van der Waals surface area (Å²) in [5, 5.41) is 35.7. The molecule has 1 atom stereocenters. The average molecular weight is 313 g/mol. The molecule has 0 bridgehead atoms. The Morgan fingerprint density at radius 2 is 2.10 bits per heavy atom. The first-order valence-corrected chi connectivity index (χ1v) is 6.40. The zero-order valence-corrected chi connectivity index (χ0v) is 11.7. The van der Waals surface area contributed by atoms with E-state index in [1.165, 1.54) is 4.68 Å². The highest BCUT2D eigenvalue weighted by molar-refractivity contribution is 6.42. The second kappa shape index (κ2) is 6.20. The Balaban J connectivity index is 2.50. The molecule has 0 aliphatic rings. The van der Waals surface area contributed by atoms with Gasteiger partial charge in [-0.3, -0.25) is 0 Å². The smallest absolute Gasteiger partial charge is 0.190 e. The van der Waals surface area contributed by atoms with Crippen molar-refractivity contribution in [2.45, 2.75) is 12.6 Å². The van der Waals surface area contributed by atoms with Crippen molar-refractivity contribution in [2.75, 3.05) is 6.61 Å². The summed E-state index contributed by atoms with van der Waals surface area (Å²) < 4.78 is 1.35. The molecular weight excluding hydrogens is 303 g/mol. The molecule has 0 aliphatic heterocycles. The Hall–Kier alpha value is -1.65. The zero-order valence-electron chi connectivity index (χ0n) is 10.2. The van der Waals surface area contributed by atoms with Crippen LogP contribution in [0, 0.1) is 11.3 Å². The zero-order chi connectivity index (χ0) is 14.7. The van der Waals surface area contributed by atoms with Gasteiger partial charge in [-0.1, -0.05) is 34.5 Å². The minimum absolute atomic E-state index is 0.0146. The van der Waals surface area contributed by atoms with Crippen LogP contribution in [0.25, 0.3) is 11.3 Å². The molecule has 1 unspecified atom stereocenters. The molecule has 20 heavy (non-hydrogen) atoms. The Bertz CT molecular complexity index is 666. The van der Waals surface area contributed by atoms with Crippen LogP contribution in [-0.2, 0) is 6.54 Å². The maximum absolute atomic E-state index is 9.49. The van der Waals surface area contributed by atoms with Crippen molar-refractivity contribution < 1.29 is 10.2 Å². The van der Waals surface area contributed by atoms with Gasteiger partial charge in [0.1, 0.15) is 11.8 Å². The van der Waals surface area contributed by atoms with Crippen LogP contribution in [-0.4, -0.2) is 37.9 Å². The number of aliphatic hydroxyl groups is 2. The molecule has 0 radical (unpaired) electrons. The normalized spacial score (nSPS) is 12.2. The fraction of sp³-hybridized carbons (Fsp3) is 0.250. The van der Waals surface area contributed by atoms with Crippen LogP contribution in [0.4, 0.5) is 0 Å². The van der Waals surface area contributed by atoms with Crippen LogP contribution >= 0.6 is 23.2 Å². The van der Waals surface area contributed by atoms with Crippen molar-refractivity contribution in [2.24, 2.45) is 0 Å². The summed E-state index contributed by atoms with van der Waals surface area (Å²) in [4.78, 5) is 0. The lowest BCUT2D eigenvalue weighted by molar-refractivity contribution is 0.0782. The van der Waals surface area contributed by atoms with Crippen molar-refractivity contribution in [3.05, 3.63) is 33.9 Å². The van der Waals surface area contributed by atoms with E-state index in [4.69, 9.17) is 33.6 Å². The number of rotatable bonds is 4. The van der Waals surface area contributed by atoms with Gasteiger partial charge in [0.2, 0.25) is 0 Å². The van der Waals surface area contributed by atoms with Gasteiger partial charge >= 0.3 is 0 Å². The quantitative estimate of drug-likeness (QED) is 0.891. The van der Waals surface area contributed by atoms with Crippen LogP contribution in [0.5, 0.6) is 0 Å². The number of nitriles is 1. The lowest BCUT2D eigenvalue weighted by atomic mass is 10.1. The Kier molecular flexibility index (Phi) is 4.57. The molecule has 0 saturated heterocycles. The molecule has 6 nitrogen and oxygen atoms in total. The standard InChI is InChI=1S/C12H10Cl2N4O2/c13-9-2-1-7(3-10(9)14)12-11(4-15)16-17-18(12)5-8(20)6-19/h1-3,8,19-20H,5-6H2. The van der Waals surface area contributed by atoms with E-state index in [2.05, 4.69) is 10.3 Å². The molecule has 0 aliphatic carbocycles. The topological polar surface area (TPSA) is 95.0 Å². The number of aromatic nitrogens is 3. The van der Waals surface area contributed by atoms with Gasteiger partial charge in [-0.25, -0.2) is 4.68 Å². The first kappa shape index (κ1) is 14.8. The maximum Gasteiger partial charge on any atom is 0.190 e. The molecule has 2 N–H and O–H groups in total. The molecule has 1 aromatic carbocycles. The van der Waals surface area contributed by atoms with Crippen LogP contribution < -0.4 is 0 Å². The summed E-state index contributed by atoms with van der Waals surface area (Å²) in [5.41, 5.74) is 1.12. The predicted octanol–water partition coefficient (Wildman–Crippen LogP) is 1.48. The first-order valence-electron chi connectivity index (χ1n) is 5.64. The van der Waals surface area contributed by atoms with E-state index >= 15 is 0 Å². The third kappa shape index (κ3) is 2.92.